The van der Waals surface area contributed by atoms with Crippen molar-refractivity contribution in [3.05, 3.63) is 65.2 Å². The maximum Gasteiger partial charge on any atom is 0.338 e. The molecule has 2 aromatic rings. The van der Waals surface area contributed by atoms with Crippen molar-refractivity contribution in [3.8, 4) is 5.75 Å². The van der Waals surface area contributed by atoms with E-state index in [9.17, 15) is 4.79 Å². The fourth-order valence-corrected chi connectivity index (χ4v) is 3.66. The summed E-state index contributed by atoms with van der Waals surface area (Å²) in [5, 5.41) is 0. The lowest BCUT2D eigenvalue weighted by molar-refractivity contribution is -0.433. The Balaban J connectivity index is 0.00000280. The number of carbonyl (C=O) groups excluding carboxylic acids is 1. The third-order valence-electron chi connectivity index (χ3n) is 5.18. The van der Waals surface area contributed by atoms with Crippen LogP contribution in [0.2, 0.25) is 0 Å². The summed E-state index contributed by atoms with van der Waals surface area (Å²) in [6, 6.07) is 13.8. The van der Waals surface area contributed by atoms with Crippen LogP contribution >= 0.6 is 0 Å². The molecule has 0 N–H and O–H groups in total. The molecule has 3 rings (SSSR count). The van der Waals surface area contributed by atoms with Gasteiger partial charge in [0.1, 0.15) is 12.3 Å². The molecule has 0 aromatic heterocycles. The maximum absolute atomic E-state index is 11.9. The van der Waals surface area contributed by atoms with Crippen LogP contribution in [0.1, 0.15) is 42.3 Å². The van der Waals surface area contributed by atoms with Gasteiger partial charge in [0, 0.05) is 17.7 Å². The highest BCUT2D eigenvalue weighted by Crippen LogP contribution is 2.40. The van der Waals surface area contributed by atoms with Crippen molar-refractivity contribution in [1.29, 1.82) is 0 Å². The maximum atomic E-state index is 11.9. The van der Waals surface area contributed by atoms with E-state index in [1.807, 2.05) is 42.5 Å². The van der Waals surface area contributed by atoms with Crippen LogP contribution in [0.4, 0.5) is 5.69 Å². The van der Waals surface area contributed by atoms with Gasteiger partial charge in [0.2, 0.25) is 5.69 Å². The number of hydrogen-bond acceptors (Lipinski definition) is 3. The summed E-state index contributed by atoms with van der Waals surface area (Å²) in [6.45, 7) is 7.38. The zero-order valence-electron chi connectivity index (χ0n) is 17.0. The van der Waals surface area contributed by atoms with Crippen LogP contribution in [0.5, 0.6) is 5.75 Å². The van der Waals surface area contributed by atoms with E-state index < -0.39 is 0 Å². The highest BCUT2D eigenvalue weighted by Gasteiger charge is 2.44. The number of ether oxygens (including phenoxy) is 2. The minimum Gasteiger partial charge on any atom is -1.00 e. The zero-order chi connectivity index (χ0) is 19.6. The highest BCUT2D eigenvalue weighted by atomic mass is 127. The van der Waals surface area contributed by atoms with E-state index in [1.165, 1.54) is 18.4 Å². The van der Waals surface area contributed by atoms with Crippen LogP contribution in [0.25, 0.3) is 6.08 Å². The Labute approximate surface area is 183 Å². The molecule has 0 amide bonds. The number of halogens is 1. The first-order valence-corrected chi connectivity index (χ1v) is 9.12. The predicted octanol–water partition coefficient (Wildman–Crippen LogP) is 1.60. The molecule has 0 unspecified atom stereocenters. The van der Waals surface area contributed by atoms with Gasteiger partial charge in [-0.1, -0.05) is 18.2 Å². The summed E-state index contributed by atoms with van der Waals surface area (Å²) in [6.07, 6.45) is 4.29. The minimum atomic E-state index is -0.311. The standard InChI is InChI=1S/C23H26NO3.HI/c1-6-24-20-15-17(22(25)27-5)10-13-19(20)23(2,3)21(24)14-9-16-7-11-18(26-4)12-8-16;/h7-15H,6H2,1-5H3;1H/q+1;/p-1. The summed E-state index contributed by atoms with van der Waals surface area (Å²) < 4.78 is 12.4. The Kier molecular flexibility index (Phi) is 7.04. The Hall–Kier alpha value is -2.15. The minimum absolute atomic E-state index is 0. The molecule has 0 saturated carbocycles. The van der Waals surface area contributed by atoms with Gasteiger partial charge >= 0.3 is 5.97 Å². The van der Waals surface area contributed by atoms with Gasteiger partial charge in [-0.2, -0.15) is 4.58 Å². The van der Waals surface area contributed by atoms with Gasteiger partial charge in [0.25, 0.3) is 0 Å². The molecule has 28 heavy (non-hydrogen) atoms. The lowest BCUT2D eigenvalue weighted by Crippen LogP contribution is -3.00. The number of fused-ring (bicyclic) bond motifs is 1. The summed E-state index contributed by atoms with van der Waals surface area (Å²) in [5.41, 5.74) is 5.03. The molecule has 5 heteroatoms. The molecule has 0 saturated heterocycles. The van der Waals surface area contributed by atoms with E-state index in [0.717, 1.165) is 23.5 Å². The largest absolute Gasteiger partial charge is 1.00 e. The molecule has 0 fully saturated rings. The van der Waals surface area contributed by atoms with E-state index in [0.29, 0.717) is 5.56 Å². The normalized spacial score (nSPS) is 14.6. The van der Waals surface area contributed by atoms with Gasteiger partial charge in [0.15, 0.2) is 5.71 Å². The second-order valence-electron chi connectivity index (χ2n) is 7.08. The molecular weight excluding hydrogens is 465 g/mol. The Bertz CT molecular complexity index is 927. The van der Waals surface area contributed by atoms with Crippen molar-refractivity contribution >= 4 is 23.4 Å². The molecule has 0 radical (unpaired) electrons. The van der Waals surface area contributed by atoms with Crippen LogP contribution < -0.4 is 28.7 Å². The van der Waals surface area contributed by atoms with Gasteiger partial charge in [-0.15, -0.1) is 0 Å². The first-order chi connectivity index (χ1) is 12.9. The van der Waals surface area contributed by atoms with Crippen molar-refractivity contribution in [1.82, 2.24) is 0 Å². The first-order valence-electron chi connectivity index (χ1n) is 9.12. The lowest BCUT2D eigenvalue weighted by atomic mass is 9.81. The monoisotopic (exact) mass is 491 g/mol. The average Bonchev–Trinajstić information content (AvgIpc) is 2.91. The van der Waals surface area contributed by atoms with Crippen LogP contribution in [-0.2, 0) is 10.2 Å². The summed E-state index contributed by atoms with van der Waals surface area (Å²) >= 11 is 0. The van der Waals surface area contributed by atoms with Gasteiger partial charge in [-0.05, 0) is 50.6 Å². The first kappa shape index (κ1) is 22.1. The van der Waals surface area contributed by atoms with Crippen LogP contribution in [-0.4, -0.2) is 37.0 Å². The van der Waals surface area contributed by atoms with Gasteiger partial charge in [-0.25, -0.2) is 4.79 Å². The predicted molar refractivity (Wildman–Crippen MR) is 108 cm³/mol. The number of benzene rings is 2. The number of esters is 1. The molecule has 0 atom stereocenters. The van der Waals surface area contributed by atoms with Crippen molar-refractivity contribution < 1.29 is 42.8 Å². The van der Waals surface area contributed by atoms with Crippen LogP contribution in [0.15, 0.2) is 48.5 Å². The molecule has 148 valence electrons. The molecule has 1 aliphatic heterocycles. The number of nitrogens with zero attached hydrogens (tertiary/aromatic N) is 1. The lowest BCUT2D eigenvalue weighted by Gasteiger charge is -2.15. The van der Waals surface area contributed by atoms with Crippen molar-refractivity contribution in [2.45, 2.75) is 26.2 Å². The third kappa shape index (κ3) is 3.99. The molecule has 1 heterocycles. The fraction of sp³-hybridized carbons (Fsp3) is 0.304. The fourth-order valence-electron chi connectivity index (χ4n) is 3.66. The average molecular weight is 491 g/mol. The molecule has 4 nitrogen and oxygen atoms in total. The van der Waals surface area contributed by atoms with Crippen LogP contribution in [0.3, 0.4) is 0 Å². The van der Waals surface area contributed by atoms with Crippen LogP contribution in [0, 0.1) is 0 Å². The van der Waals surface area contributed by atoms with Crippen molar-refractivity contribution in [3.63, 3.8) is 0 Å². The number of rotatable bonds is 5. The highest BCUT2D eigenvalue weighted by molar-refractivity contribution is 6.05. The summed E-state index contributed by atoms with van der Waals surface area (Å²) in [7, 11) is 3.08. The number of carbonyl (C=O) groups is 1. The van der Waals surface area contributed by atoms with E-state index in [4.69, 9.17) is 9.47 Å². The molecule has 0 bridgehead atoms. The number of hydrogen-bond donors (Lipinski definition) is 0. The van der Waals surface area contributed by atoms with E-state index in [-0.39, 0.29) is 35.4 Å². The van der Waals surface area contributed by atoms with Crippen molar-refractivity contribution in [2.24, 2.45) is 0 Å². The smallest absolute Gasteiger partial charge is 0.338 e. The third-order valence-corrected chi connectivity index (χ3v) is 5.18. The Morgan fingerprint density at radius 1 is 1.07 bits per heavy atom. The van der Waals surface area contributed by atoms with E-state index in [1.54, 1.807) is 7.11 Å². The quantitative estimate of drug-likeness (QED) is 0.363. The second-order valence-corrected chi connectivity index (χ2v) is 7.08. The van der Waals surface area contributed by atoms with Gasteiger partial charge < -0.3 is 33.5 Å². The Morgan fingerprint density at radius 2 is 1.75 bits per heavy atom. The number of methoxy groups -OCH3 is 2. The Morgan fingerprint density at radius 3 is 2.32 bits per heavy atom. The molecule has 0 aliphatic carbocycles. The van der Waals surface area contributed by atoms with E-state index in [2.05, 4.69) is 37.5 Å². The molecule has 1 aliphatic rings. The molecule has 0 spiro atoms. The molecular formula is C23H26INO3. The number of allylic oxidation sites excluding steroid dienone is 1. The van der Waals surface area contributed by atoms with Gasteiger partial charge in [-0.3, -0.25) is 0 Å². The van der Waals surface area contributed by atoms with E-state index >= 15 is 0 Å². The summed E-state index contributed by atoms with van der Waals surface area (Å²) in [4.78, 5) is 11.9. The summed E-state index contributed by atoms with van der Waals surface area (Å²) in [5.74, 6) is 0.535. The molecule has 2 aromatic carbocycles. The zero-order valence-corrected chi connectivity index (χ0v) is 19.1. The SMILES string of the molecule is CC[N+]1=C(C=Cc2ccc(OC)cc2)C(C)(C)c2ccc(C(=O)OC)cc21.[I-]. The van der Waals surface area contributed by atoms with Crippen molar-refractivity contribution in [2.75, 3.05) is 20.8 Å². The second kappa shape index (κ2) is 8.90. The van der Waals surface area contributed by atoms with Gasteiger partial charge in [0.05, 0.1) is 25.2 Å². The topological polar surface area (TPSA) is 38.5 Å².